The maximum atomic E-state index is 13.7. The highest BCUT2D eigenvalue weighted by Gasteiger charge is 2.81. The van der Waals surface area contributed by atoms with Gasteiger partial charge in [-0.3, -0.25) is 4.79 Å². The van der Waals surface area contributed by atoms with Crippen LogP contribution in [0.5, 0.6) is 0 Å². The Morgan fingerprint density at radius 3 is 2.28 bits per heavy atom. The van der Waals surface area contributed by atoms with Gasteiger partial charge in [0, 0.05) is 0 Å². The zero-order valence-corrected chi connectivity index (χ0v) is 23.3. The second-order valence-electron chi connectivity index (χ2n) is 12.4. The fourth-order valence-corrected chi connectivity index (χ4v) is 12.0. The molecule has 1 aromatic rings. The first-order chi connectivity index (χ1) is 14.8. The molecule has 0 bridgehead atoms. The molecule has 6 heteroatoms. The molecule has 0 N–H and O–H groups in total. The molecule has 0 unspecified atom stereocenters. The summed E-state index contributed by atoms with van der Waals surface area (Å²) in [5.74, 6) is -0.0491. The van der Waals surface area contributed by atoms with Crippen molar-refractivity contribution in [3.63, 3.8) is 0 Å². The van der Waals surface area contributed by atoms with Gasteiger partial charge in [-0.15, -0.1) is 0 Å². The monoisotopic (exact) mass is 474 g/mol. The zero-order valence-electron chi connectivity index (χ0n) is 21.3. The highest BCUT2D eigenvalue weighted by molar-refractivity contribution is 6.91. The van der Waals surface area contributed by atoms with E-state index in [1.165, 1.54) is 5.19 Å². The van der Waals surface area contributed by atoms with Gasteiger partial charge in [0.15, 0.2) is 8.32 Å². The number of esters is 1. The summed E-state index contributed by atoms with van der Waals surface area (Å²) >= 11 is 0. The summed E-state index contributed by atoms with van der Waals surface area (Å²) in [6.07, 6.45) is 4.97. The van der Waals surface area contributed by atoms with Crippen LogP contribution in [0.2, 0.25) is 36.8 Å². The van der Waals surface area contributed by atoms with Crippen LogP contribution < -0.4 is 5.19 Å². The lowest BCUT2D eigenvalue weighted by Crippen LogP contribution is -2.65. The smallest absolute Gasteiger partial charge is 0.314 e. The topological polar surface area (TPSA) is 48.1 Å². The molecule has 2 aliphatic carbocycles. The molecule has 1 heterocycles. The first-order valence-corrected chi connectivity index (χ1v) is 18.3. The molecule has 0 radical (unpaired) electrons. The van der Waals surface area contributed by atoms with Gasteiger partial charge in [-0.1, -0.05) is 82.2 Å². The first-order valence-electron chi connectivity index (χ1n) is 12.3. The predicted octanol–water partition coefficient (Wildman–Crippen LogP) is 5.64. The van der Waals surface area contributed by atoms with Gasteiger partial charge in [-0.05, 0) is 42.9 Å². The molecule has 2 saturated carbocycles. The van der Waals surface area contributed by atoms with Gasteiger partial charge in [-0.25, -0.2) is 0 Å². The van der Waals surface area contributed by atoms with Crippen molar-refractivity contribution in [1.29, 1.82) is 0 Å². The summed E-state index contributed by atoms with van der Waals surface area (Å²) in [4.78, 5) is 13.7. The Morgan fingerprint density at radius 2 is 1.69 bits per heavy atom. The number of carbonyl (C=O) groups excluding carboxylic acids is 1. The van der Waals surface area contributed by atoms with Gasteiger partial charge in [0.05, 0.1) is 21.3 Å². The maximum Gasteiger partial charge on any atom is 0.314 e. The number of ether oxygens (including phenoxy) is 2. The minimum Gasteiger partial charge on any atom is -0.469 e. The van der Waals surface area contributed by atoms with Crippen molar-refractivity contribution in [3.8, 4) is 0 Å². The molecule has 32 heavy (non-hydrogen) atoms. The van der Waals surface area contributed by atoms with Gasteiger partial charge in [-0.2, -0.15) is 0 Å². The summed E-state index contributed by atoms with van der Waals surface area (Å²) in [5.41, 5.74) is -0.740. The van der Waals surface area contributed by atoms with Crippen LogP contribution in [-0.2, 0) is 18.7 Å². The lowest BCUT2D eigenvalue weighted by Gasteiger charge is -2.55. The fraction of sp³-hybridized carbons (Fsp3) is 0.731. The predicted molar refractivity (Wildman–Crippen MR) is 135 cm³/mol. The van der Waals surface area contributed by atoms with E-state index in [4.69, 9.17) is 13.9 Å². The lowest BCUT2D eigenvalue weighted by molar-refractivity contribution is -0.162. The molecule has 3 aliphatic rings. The van der Waals surface area contributed by atoms with Crippen molar-refractivity contribution in [3.05, 3.63) is 30.3 Å². The molecule has 4 rings (SSSR count). The van der Waals surface area contributed by atoms with E-state index in [0.717, 1.165) is 32.1 Å². The van der Waals surface area contributed by atoms with Crippen molar-refractivity contribution in [2.24, 2.45) is 5.41 Å². The van der Waals surface area contributed by atoms with E-state index in [1.54, 1.807) is 7.11 Å². The van der Waals surface area contributed by atoms with E-state index < -0.39 is 27.4 Å². The van der Waals surface area contributed by atoms with Crippen LogP contribution in [0, 0.1) is 5.41 Å². The number of benzene rings is 1. The number of methoxy groups -OCH3 is 1. The molecule has 1 aromatic carbocycles. The van der Waals surface area contributed by atoms with Crippen molar-refractivity contribution < 1.29 is 18.7 Å². The molecule has 1 spiro atoms. The average Bonchev–Trinajstić information content (AvgIpc) is 3.47. The third-order valence-electron chi connectivity index (χ3n) is 9.46. The Balaban J connectivity index is 1.81. The second kappa shape index (κ2) is 7.79. The Hall–Kier alpha value is -0.956. The summed E-state index contributed by atoms with van der Waals surface area (Å²) in [7, 11) is -2.48. The van der Waals surface area contributed by atoms with E-state index >= 15 is 0 Å². The molecule has 1 aliphatic heterocycles. The van der Waals surface area contributed by atoms with Crippen LogP contribution >= 0.6 is 0 Å². The number of carbonyl (C=O) groups is 1. The number of rotatable bonds is 5. The minimum absolute atomic E-state index is 0.0212. The molecule has 3 fully saturated rings. The third-order valence-corrected chi connectivity index (χ3v) is 18.3. The van der Waals surface area contributed by atoms with Crippen molar-refractivity contribution in [1.82, 2.24) is 0 Å². The summed E-state index contributed by atoms with van der Waals surface area (Å²) < 4.78 is 19.3. The molecule has 0 amide bonds. The van der Waals surface area contributed by atoms with Gasteiger partial charge in [0.2, 0.25) is 0 Å². The molecule has 1 saturated heterocycles. The first kappa shape index (κ1) is 24.2. The zero-order chi connectivity index (χ0) is 23.6. The fourth-order valence-electron chi connectivity index (χ4n) is 6.63. The standard InChI is InChI=1S/C26H42O4Si2/c1-24(2,3)32(7,8)30-20-18-21(31(5,6)19-14-10-9-11-15-19)25(23(27)28-4)16-12-13-17-26(25)22(20)29-26/h9-11,14-15,20-22H,12-13,16-18H2,1-8H3/t20-,21+,22-,25-,26-/m0/s1. The third kappa shape index (κ3) is 3.39. The summed E-state index contributed by atoms with van der Waals surface area (Å²) in [6.45, 7) is 16.4. The summed E-state index contributed by atoms with van der Waals surface area (Å²) in [5, 5.41) is 1.54. The van der Waals surface area contributed by atoms with Gasteiger partial charge in [0.1, 0.15) is 17.1 Å². The van der Waals surface area contributed by atoms with Gasteiger partial charge < -0.3 is 13.9 Å². The highest BCUT2D eigenvalue weighted by atomic mass is 28.4. The molecule has 5 atom stereocenters. The quantitative estimate of drug-likeness (QED) is 0.315. The van der Waals surface area contributed by atoms with Crippen LogP contribution in [0.25, 0.3) is 0 Å². The van der Waals surface area contributed by atoms with E-state index in [1.807, 2.05) is 0 Å². The van der Waals surface area contributed by atoms with E-state index in [9.17, 15) is 4.79 Å². The number of hydrogen-bond acceptors (Lipinski definition) is 4. The Labute approximate surface area is 196 Å². The van der Waals surface area contributed by atoms with Crippen molar-refractivity contribution >= 4 is 27.5 Å². The van der Waals surface area contributed by atoms with Crippen LogP contribution in [0.15, 0.2) is 30.3 Å². The second-order valence-corrected chi connectivity index (χ2v) is 21.9. The number of epoxide rings is 1. The van der Waals surface area contributed by atoms with Gasteiger partial charge in [0.25, 0.3) is 0 Å². The SMILES string of the molecule is COC(=O)[C@@]12CCCC[C@@]13O[C@H]3[C@@H](O[Si](C)(C)C(C)(C)C)C[C@H]2[Si](C)(C)c1ccccc1. The van der Waals surface area contributed by atoms with Crippen LogP contribution in [-0.4, -0.2) is 47.3 Å². The molecule has 178 valence electrons. The van der Waals surface area contributed by atoms with Crippen molar-refractivity contribution in [2.75, 3.05) is 7.11 Å². The highest BCUT2D eigenvalue weighted by Crippen LogP contribution is 2.71. The number of hydrogen-bond donors (Lipinski definition) is 0. The maximum absolute atomic E-state index is 13.7. The normalized spacial score (nSPS) is 34.9. The van der Waals surface area contributed by atoms with Gasteiger partial charge >= 0.3 is 5.97 Å². The lowest BCUT2D eigenvalue weighted by atomic mass is 9.58. The van der Waals surface area contributed by atoms with E-state index in [-0.39, 0.29) is 28.8 Å². The van der Waals surface area contributed by atoms with E-state index in [2.05, 4.69) is 77.3 Å². The molecule has 0 aromatic heterocycles. The summed E-state index contributed by atoms with van der Waals surface area (Å²) in [6, 6.07) is 10.9. The van der Waals surface area contributed by atoms with Crippen LogP contribution in [0.1, 0.15) is 52.9 Å². The molecular weight excluding hydrogens is 432 g/mol. The molecule has 4 nitrogen and oxygen atoms in total. The van der Waals surface area contributed by atoms with Crippen LogP contribution in [0.4, 0.5) is 0 Å². The Morgan fingerprint density at radius 1 is 1.06 bits per heavy atom. The molecular formula is C26H42O4Si2. The van der Waals surface area contributed by atoms with Crippen LogP contribution in [0.3, 0.4) is 0 Å². The Kier molecular flexibility index (Phi) is 5.88. The van der Waals surface area contributed by atoms with Crippen molar-refractivity contribution in [2.45, 2.75) is 107 Å². The minimum atomic E-state index is -2.07. The van der Waals surface area contributed by atoms with E-state index in [0.29, 0.717) is 0 Å². The largest absolute Gasteiger partial charge is 0.469 e. The Bertz CT molecular complexity index is 862. The average molecular weight is 475 g/mol.